The van der Waals surface area contributed by atoms with Crippen LogP contribution in [0.3, 0.4) is 0 Å². The Kier molecular flexibility index (Phi) is 3.01. The van der Waals surface area contributed by atoms with Gasteiger partial charge in [0, 0.05) is 34.3 Å². The van der Waals surface area contributed by atoms with Crippen molar-refractivity contribution in [2.45, 2.75) is 26.7 Å². The van der Waals surface area contributed by atoms with E-state index in [0.29, 0.717) is 0 Å². The van der Waals surface area contributed by atoms with E-state index in [0.717, 1.165) is 24.2 Å². The van der Waals surface area contributed by atoms with Gasteiger partial charge in [-0.2, -0.15) is 0 Å². The first-order valence-corrected chi connectivity index (χ1v) is 10.6. The van der Waals surface area contributed by atoms with E-state index in [2.05, 4.69) is 62.4 Å². The van der Waals surface area contributed by atoms with Gasteiger partial charge in [-0.1, -0.05) is 36.4 Å². The van der Waals surface area contributed by atoms with Crippen molar-refractivity contribution in [2.75, 3.05) is 0 Å². The van der Waals surface area contributed by atoms with Gasteiger partial charge in [0.05, 0.1) is 11.4 Å². The molecule has 2 heterocycles. The minimum absolute atomic E-state index is 0.953. The Hall–Kier alpha value is -3.52. The second-order valence-corrected chi connectivity index (χ2v) is 8.78. The monoisotopic (exact) mass is 384 g/mol. The number of rotatable bonds is 0. The molecule has 0 fully saturated rings. The Morgan fingerprint density at radius 3 is 1.53 bits per heavy atom. The quantitative estimate of drug-likeness (QED) is 0.297. The summed E-state index contributed by atoms with van der Waals surface area (Å²) in [5.41, 5.74) is 12.8. The van der Waals surface area contributed by atoms with Crippen molar-refractivity contribution >= 4 is 21.5 Å². The van der Waals surface area contributed by atoms with Crippen LogP contribution in [0.15, 0.2) is 60.9 Å². The van der Waals surface area contributed by atoms with Crippen LogP contribution in [0.1, 0.15) is 33.4 Å². The molecule has 2 aromatic heterocycles. The van der Waals surface area contributed by atoms with Crippen LogP contribution in [0.4, 0.5) is 0 Å². The molecule has 30 heavy (non-hydrogen) atoms. The van der Waals surface area contributed by atoms with Crippen molar-refractivity contribution < 1.29 is 0 Å². The lowest BCUT2D eigenvalue weighted by molar-refractivity contribution is 1.12. The number of pyridine rings is 2. The molecule has 0 N–H and O–H groups in total. The predicted molar refractivity (Wildman–Crippen MR) is 123 cm³/mol. The Labute approximate surface area is 175 Å². The highest BCUT2D eigenvalue weighted by Gasteiger charge is 2.26. The average Bonchev–Trinajstić information content (AvgIpc) is 2.77. The molecule has 2 aliphatic carbocycles. The number of hydrogen-bond donors (Lipinski definition) is 0. The average molecular weight is 384 g/mol. The van der Waals surface area contributed by atoms with E-state index in [4.69, 9.17) is 9.97 Å². The van der Waals surface area contributed by atoms with E-state index >= 15 is 0 Å². The standard InChI is InChI=1S/C28H20N2/c1-15-13-29-27-23-11-20-10-18-6-4-8-22-16(2)14-30-28(26(18)22)24(20)12-19(23)9-17-5-3-7-21(15)25(17)27/h3-8,11-14H,9-10H2,1-2H3. The van der Waals surface area contributed by atoms with Gasteiger partial charge < -0.3 is 0 Å². The van der Waals surface area contributed by atoms with Crippen LogP contribution >= 0.6 is 0 Å². The number of benzene rings is 3. The lowest BCUT2D eigenvalue weighted by Gasteiger charge is -2.26. The summed E-state index contributed by atoms with van der Waals surface area (Å²) in [6.45, 7) is 4.31. The SMILES string of the molecule is Cc1cnc2c3c(cccc13)Cc1cc3c(cc1-2)Cc1cccc2c(C)cnc-3c12. The Morgan fingerprint density at radius 2 is 1.07 bits per heavy atom. The molecule has 0 saturated carbocycles. The van der Waals surface area contributed by atoms with E-state index in [1.165, 1.54) is 66.1 Å². The predicted octanol–water partition coefficient (Wildman–Crippen LogP) is 6.54. The zero-order chi connectivity index (χ0) is 20.0. The third-order valence-electron chi connectivity index (χ3n) is 7.00. The Morgan fingerprint density at radius 1 is 0.600 bits per heavy atom. The van der Waals surface area contributed by atoms with Crippen LogP contribution in [0.2, 0.25) is 0 Å². The zero-order valence-electron chi connectivity index (χ0n) is 17.1. The molecule has 0 spiro atoms. The van der Waals surface area contributed by atoms with E-state index in [9.17, 15) is 0 Å². The van der Waals surface area contributed by atoms with Gasteiger partial charge in [-0.15, -0.1) is 0 Å². The van der Waals surface area contributed by atoms with E-state index in [-0.39, 0.29) is 0 Å². The lowest BCUT2D eigenvalue weighted by Crippen LogP contribution is -2.09. The van der Waals surface area contributed by atoms with Crippen molar-refractivity contribution in [1.82, 2.24) is 9.97 Å². The number of nitrogens with zero attached hydrogens (tertiary/aromatic N) is 2. The highest BCUT2D eigenvalue weighted by Crippen LogP contribution is 2.45. The fourth-order valence-electron chi connectivity index (χ4n) is 5.54. The molecule has 2 heteroatoms. The molecule has 3 aromatic carbocycles. The summed E-state index contributed by atoms with van der Waals surface area (Å²) >= 11 is 0. The molecule has 0 radical (unpaired) electrons. The molecule has 2 aliphatic rings. The summed E-state index contributed by atoms with van der Waals surface area (Å²) in [7, 11) is 0. The number of fused-ring (bicyclic) bond motifs is 4. The van der Waals surface area contributed by atoms with Crippen LogP contribution in [-0.2, 0) is 12.8 Å². The minimum atomic E-state index is 0.953. The van der Waals surface area contributed by atoms with Crippen LogP contribution in [-0.4, -0.2) is 9.97 Å². The van der Waals surface area contributed by atoms with Gasteiger partial charge in [-0.3, -0.25) is 9.97 Å². The number of aromatic nitrogens is 2. The largest absolute Gasteiger partial charge is 0.255 e. The number of hydrogen-bond acceptors (Lipinski definition) is 2. The van der Waals surface area contributed by atoms with Gasteiger partial charge in [0.2, 0.25) is 0 Å². The molecule has 0 aliphatic heterocycles. The summed E-state index contributed by atoms with van der Waals surface area (Å²) in [5, 5.41) is 5.32. The molecule has 0 amide bonds. The van der Waals surface area contributed by atoms with Gasteiger partial charge in [0.15, 0.2) is 0 Å². The first-order valence-electron chi connectivity index (χ1n) is 10.6. The van der Waals surface area contributed by atoms with E-state index in [1.54, 1.807) is 0 Å². The van der Waals surface area contributed by atoms with Gasteiger partial charge in [-0.05, 0) is 83.0 Å². The highest BCUT2D eigenvalue weighted by molar-refractivity contribution is 6.04. The Bertz CT molecular complexity index is 1440. The molecule has 0 bridgehead atoms. The van der Waals surface area contributed by atoms with E-state index < -0.39 is 0 Å². The molecular formula is C28H20N2. The zero-order valence-corrected chi connectivity index (χ0v) is 17.1. The van der Waals surface area contributed by atoms with Gasteiger partial charge in [0.1, 0.15) is 0 Å². The summed E-state index contributed by atoms with van der Waals surface area (Å²) in [5.74, 6) is 0. The lowest BCUT2D eigenvalue weighted by atomic mass is 9.79. The maximum absolute atomic E-state index is 4.91. The van der Waals surface area contributed by atoms with Crippen LogP contribution in [0, 0.1) is 13.8 Å². The number of aryl methyl sites for hydroxylation is 2. The fraction of sp³-hybridized carbons (Fsp3) is 0.143. The highest BCUT2D eigenvalue weighted by atomic mass is 14.7. The van der Waals surface area contributed by atoms with Crippen molar-refractivity contribution in [1.29, 1.82) is 0 Å². The van der Waals surface area contributed by atoms with Crippen LogP contribution < -0.4 is 0 Å². The maximum Gasteiger partial charge on any atom is 0.0786 e. The fourth-order valence-corrected chi connectivity index (χ4v) is 5.54. The molecule has 142 valence electrons. The molecule has 0 saturated heterocycles. The summed E-state index contributed by atoms with van der Waals surface area (Å²) < 4.78 is 0. The summed E-state index contributed by atoms with van der Waals surface area (Å²) in [6, 6.07) is 18.1. The van der Waals surface area contributed by atoms with E-state index in [1.807, 2.05) is 12.4 Å². The third-order valence-corrected chi connectivity index (χ3v) is 7.00. The van der Waals surface area contributed by atoms with Crippen molar-refractivity contribution in [3.8, 4) is 22.5 Å². The van der Waals surface area contributed by atoms with Gasteiger partial charge in [0.25, 0.3) is 0 Å². The van der Waals surface area contributed by atoms with Crippen LogP contribution in [0.25, 0.3) is 44.1 Å². The molecule has 0 unspecified atom stereocenters. The normalized spacial score (nSPS) is 13.4. The van der Waals surface area contributed by atoms with Gasteiger partial charge in [-0.25, -0.2) is 0 Å². The smallest absolute Gasteiger partial charge is 0.0786 e. The first kappa shape index (κ1) is 16.3. The van der Waals surface area contributed by atoms with Gasteiger partial charge >= 0.3 is 0 Å². The minimum Gasteiger partial charge on any atom is -0.255 e. The van der Waals surface area contributed by atoms with Crippen molar-refractivity contribution in [3.63, 3.8) is 0 Å². The molecule has 2 nitrogen and oxygen atoms in total. The topological polar surface area (TPSA) is 25.8 Å². The van der Waals surface area contributed by atoms with Crippen molar-refractivity contribution in [2.24, 2.45) is 0 Å². The summed E-state index contributed by atoms with van der Waals surface area (Å²) in [6.07, 6.45) is 5.95. The van der Waals surface area contributed by atoms with Crippen molar-refractivity contribution in [3.05, 3.63) is 94.3 Å². The third kappa shape index (κ3) is 1.98. The molecule has 0 atom stereocenters. The van der Waals surface area contributed by atoms with Crippen LogP contribution in [0.5, 0.6) is 0 Å². The molecular weight excluding hydrogens is 364 g/mol. The second-order valence-electron chi connectivity index (χ2n) is 8.78. The first-order chi connectivity index (χ1) is 14.7. The second kappa shape index (κ2) is 5.54. The molecule has 7 rings (SSSR count). The Balaban J connectivity index is 1.55. The maximum atomic E-state index is 4.91. The summed E-state index contributed by atoms with van der Waals surface area (Å²) in [4.78, 5) is 9.81. The molecule has 5 aromatic rings.